The van der Waals surface area contributed by atoms with Gasteiger partial charge in [0.25, 0.3) is 5.91 Å². The van der Waals surface area contributed by atoms with Crippen molar-refractivity contribution in [2.45, 2.75) is 13.5 Å². The number of nitrogens with one attached hydrogen (secondary N) is 1. The molecule has 1 amide bonds. The quantitative estimate of drug-likeness (QED) is 0.539. The molecule has 0 fully saturated rings. The van der Waals surface area contributed by atoms with Gasteiger partial charge in [0.15, 0.2) is 11.5 Å². The van der Waals surface area contributed by atoms with Crippen molar-refractivity contribution in [3.05, 3.63) is 89.4 Å². The summed E-state index contributed by atoms with van der Waals surface area (Å²) in [4.78, 5) is 19.2. The van der Waals surface area contributed by atoms with Gasteiger partial charge in [-0.2, -0.15) is 5.10 Å². The SMILES string of the molecule is Cc1cn2nc(C(=O)Nc3cc(F)cc(F)c3)cc2c(N(C)Cc2ccccc2)n1. The van der Waals surface area contributed by atoms with E-state index in [9.17, 15) is 13.6 Å². The summed E-state index contributed by atoms with van der Waals surface area (Å²) in [5.74, 6) is -1.45. The lowest BCUT2D eigenvalue weighted by Crippen LogP contribution is -2.19. The van der Waals surface area contributed by atoms with Gasteiger partial charge in [0.05, 0.1) is 11.9 Å². The molecule has 4 aromatic rings. The van der Waals surface area contributed by atoms with Crippen molar-refractivity contribution in [1.82, 2.24) is 14.6 Å². The molecule has 1 N–H and O–H groups in total. The van der Waals surface area contributed by atoms with Gasteiger partial charge in [-0.3, -0.25) is 4.79 Å². The number of hydrogen-bond donors (Lipinski definition) is 1. The molecular weight excluding hydrogens is 388 g/mol. The third-order valence-electron chi connectivity index (χ3n) is 4.53. The van der Waals surface area contributed by atoms with E-state index < -0.39 is 17.5 Å². The van der Waals surface area contributed by atoms with Crippen LogP contribution in [0.15, 0.2) is 60.8 Å². The van der Waals surface area contributed by atoms with E-state index in [0.717, 1.165) is 29.5 Å². The van der Waals surface area contributed by atoms with E-state index in [4.69, 9.17) is 0 Å². The maximum absolute atomic E-state index is 13.4. The van der Waals surface area contributed by atoms with Gasteiger partial charge in [0.2, 0.25) is 0 Å². The Bertz CT molecular complexity index is 1200. The van der Waals surface area contributed by atoms with Crippen LogP contribution in [-0.4, -0.2) is 27.6 Å². The number of fused-ring (bicyclic) bond motifs is 1. The van der Waals surface area contributed by atoms with Crippen LogP contribution < -0.4 is 10.2 Å². The standard InChI is InChI=1S/C22H19F2N5O/c1-14-12-29-20(21(25-14)28(2)13-15-6-4-3-5-7-15)11-19(27-29)22(30)26-18-9-16(23)8-17(24)10-18/h3-12H,13H2,1-2H3,(H,26,30). The van der Waals surface area contributed by atoms with Gasteiger partial charge in [-0.05, 0) is 24.6 Å². The van der Waals surface area contributed by atoms with E-state index in [1.165, 1.54) is 0 Å². The lowest BCUT2D eigenvalue weighted by Gasteiger charge is -2.19. The predicted octanol–water partition coefficient (Wildman–Crippen LogP) is 4.20. The minimum Gasteiger partial charge on any atom is -0.354 e. The number of amides is 1. The molecule has 8 heteroatoms. The van der Waals surface area contributed by atoms with Gasteiger partial charge in [0.1, 0.15) is 17.2 Å². The van der Waals surface area contributed by atoms with E-state index >= 15 is 0 Å². The summed E-state index contributed by atoms with van der Waals surface area (Å²) in [5, 5.41) is 6.79. The minimum absolute atomic E-state index is 0.0188. The largest absolute Gasteiger partial charge is 0.354 e. The van der Waals surface area contributed by atoms with E-state index in [1.54, 1.807) is 16.8 Å². The summed E-state index contributed by atoms with van der Waals surface area (Å²) in [7, 11) is 1.91. The highest BCUT2D eigenvalue weighted by molar-refractivity contribution is 6.04. The summed E-state index contributed by atoms with van der Waals surface area (Å²) in [6.07, 6.45) is 1.72. The Hall–Kier alpha value is -3.81. The number of carbonyl (C=O) groups excluding carboxylic acids is 1. The van der Waals surface area contributed by atoms with Crippen LogP contribution in [0.4, 0.5) is 20.3 Å². The van der Waals surface area contributed by atoms with Crippen molar-refractivity contribution in [1.29, 1.82) is 0 Å². The summed E-state index contributed by atoms with van der Waals surface area (Å²) >= 11 is 0. The van der Waals surface area contributed by atoms with Gasteiger partial charge < -0.3 is 10.2 Å². The van der Waals surface area contributed by atoms with Crippen molar-refractivity contribution < 1.29 is 13.6 Å². The fraction of sp³-hybridized carbons (Fsp3) is 0.136. The van der Waals surface area contributed by atoms with Crippen LogP contribution in [0.3, 0.4) is 0 Å². The summed E-state index contributed by atoms with van der Waals surface area (Å²) in [5.41, 5.74) is 2.63. The smallest absolute Gasteiger partial charge is 0.276 e. The number of anilines is 2. The normalized spacial score (nSPS) is 10.9. The topological polar surface area (TPSA) is 62.5 Å². The molecule has 0 aliphatic heterocycles. The molecule has 152 valence electrons. The van der Waals surface area contributed by atoms with E-state index in [0.29, 0.717) is 17.9 Å². The second kappa shape index (κ2) is 7.90. The monoisotopic (exact) mass is 407 g/mol. The van der Waals surface area contributed by atoms with Crippen LogP contribution in [0.2, 0.25) is 0 Å². The number of nitrogens with zero attached hydrogens (tertiary/aromatic N) is 4. The Morgan fingerprint density at radius 1 is 1.10 bits per heavy atom. The minimum atomic E-state index is -0.773. The molecule has 0 bridgehead atoms. The van der Waals surface area contributed by atoms with Crippen molar-refractivity contribution in [3.8, 4) is 0 Å². The molecule has 4 rings (SSSR count). The third kappa shape index (κ3) is 4.12. The van der Waals surface area contributed by atoms with Crippen molar-refractivity contribution in [2.75, 3.05) is 17.3 Å². The number of aromatic nitrogens is 3. The summed E-state index contributed by atoms with van der Waals surface area (Å²) in [6, 6.07) is 14.4. The zero-order valence-corrected chi connectivity index (χ0v) is 16.4. The van der Waals surface area contributed by atoms with Crippen LogP contribution in [0.25, 0.3) is 5.52 Å². The molecule has 0 aliphatic carbocycles. The fourth-order valence-corrected chi connectivity index (χ4v) is 3.24. The molecule has 0 spiro atoms. The molecule has 0 radical (unpaired) electrons. The molecule has 0 saturated heterocycles. The average Bonchev–Trinajstić information content (AvgIpc) is 3.11. The van der Waals surface area contributed by atoms with Crippen molar-refractivity contribution in [2.24, 2.45) is 0 Å². The van der Waals surface area contributed by atoms with Crippen LogP contribution in [0.5, 0.6) is 0 Å². The first-order valence-corrected chi connectivity index (χ1v) is 9.28. The maximum Gasteiger partial charge on any atom is 0.276 e. The Labute approximate surface area is 171 Å². The van der Waals surface area contributed by atoms with Crippen LogP contribution in [-0.2, 0) is 6.54 Å². The number of halogens is 2. The highest BCUT2D eigenvalue weighted by atomic mass is 19.1. The molecule has 2 aromatic carbocycles. The number of rotatable bonds is 5. The zero-order chi connectivity index (χ0) is 21.3. The van der Waals surface area contributed by atoms with E-state index in [-0.39, 0.29) is 11.4 Å². The number of carbonyl (C=O) groups is 1. The highest BCUT2D eigenvalue weighted by Gasteiger charge is 2.17. The van der Waals surface area contributed by atoms with Crippen LogP contribution in [0.1, 0.15) is 21.7 Å². The molecule has 30 heavy (non-hydrogen) atoms. The Kier molecular flexibility index (Phi) is 5.14. The molecule has 0 unspecified atom stereocenters. The number of benzene rings is 2. The second-order valence-electron chi connectivity index (χ2n) is 7.02. The number of hydrogen-bond acceptors (Lipinski definition) is 4. The van der Waals surface area contributed by atoms with Gasteiger partial charge in [0, 0.05) is 31.4 Å². The van der Waals surface area contributed by atoms with E-state index in [2.05, 4.69) is 15.4 Å². The first-order chi connectivity index (χ1) is 14.4. The fourth-order valence-electron chi connectivity index (χ4n) is 3.24. The molecule has 2 heterocycles. The first kappa shape index (κ1) is 19.5. The van der Waals surface area contributed by atoms with Gasteiger partial charge in [-0.25, -0.2) is 18.3 Å². The Morgan fingerprint density at radius 3 is 2.50 bits per heavy atom. The van der Waals surface area contributed by atoms with Gasteiger partial charge in [-0.1, -0.05) is 30.3 Å². The lowest BCUT2D eigenvalue weighted by atomic mass is 10.2. The molecule has 0 atom stereocenters. The average molecular weight is 407 g/mol. The summed E-state index contributed by atoms with van der Waals surface area (Å²) < 4.78 is 28.4. The second-order valence-corrected chi connectivity index (χ2v) is 7.02. The van der Waals surface area contributed by atoms with Gasteiger partial charge >= 0.3 is 0 Å². The molecule has 6 nitrogen and oxygen atoms in total. The molecule has 0 saturated carbocycles. The first-order valence-electron chi connectivity index (χ1n) is 9.28. The third-order valence-corrected chi connectivity index (χ3v) is 4.53. The van der Waals surface area contributed by atoms with Crippen molar-refractivity contribution >= 4 is 22.9 Å². The molecule has 2 aromatic heterocycles. The maximum atomic E-state index is 13.4. The molecular formula is C22H19F2N5O. The molecule has 0 aliphatic rings. The predicted molar refractivity (Wildman–Crippen MR) is 111 cm³/mol. The Balaban J connectivity index is 1.65. The lowest BCUT2D eigenvalue weighted by molar-refractivity contribution is 0.102. The zero-order valence-electron chi connectivity index (χ0n) is 16.4. The van der Waals surface area contributed by atoms with Crippen LogP contribution in [0, 0.1) is 18.6 Å². The highest BCUT2D eigenvalue weighted by Crippen LogP contribution is 2.22. The van der Waals surface area contributed by atoms with E-state index in [1.807, 2.05) is 49.2 Å². The van der Waals surface area contributed by atoms with Crippen LogP contribution >= 0.6 is 0 Å². The van der Waals surface area contributed by atoms with Gasteiger partial charge in [-0.15, -0.1) is 0 Å². The number of aryl methyl sites for hydroxylation is 1. The summed E-state index contributed by atoms with van der Waals surface area (Å²) in [6.45, 7) is 2.47. The Morgan fingerprint density at radius 2 is 1.80 bits per heavy atom. The van der Waals surface area contributed by atoms with Crippen molar-refractivity contribution in [3.63, 3.8) is 0 Å².